The largest absolute Gasteiger partial charge is 0.280 e. The molecule has 1 aromatic heterocycles. The zero-order chi connectivity index (χ0) is 10.0. The van der Waals surface area contributed by atoms with Gasteiger partial charge >= 0.3 is 0 Å². The molecule has 1 nitrogen and oxygen atoms in total. The summed E-state index contributed by atoms with van der Waals surface area (Å²) in [5.74, 6) is -0.781. The molecule has 1 heterocycles. The Balaban J connectivity index is 3.22. The molecule has 0 aliphatic heterocycles. The molecule has 0 aromatic carbocycles. The van der Waals surface area contributed by atoms with Crippen LogP contribution in [-0.4, -0.2) is 4.98 Å². The second kappa shape index (κ2) is 4.45. The molecule has 0 aliphatic rings. The Morgan fingerprint density at radius 2 is 2.15 bits per heavy atom. The molecule has 1 aromatic rings. The summed E-state index contributed by atoms with van der Waals surface area (Å²) in [6.07, 6.45) is -2.77. The Kier molecular flexibility index (Phi) is 3.78. The lowest BCUT2D eigenvalue weighted by atomic mass is 10.3. The van der Waals surface area contributed by atoms with E-state index in [1.54, 1.807) is 22.6 Å². The van der Waals surface area contributed by atoms with E-state index in [2.05, 4.69) is 4.98 Å². The molecule has 0 spiro atoms. The van der Waals surface area contributed by atoms with Gasteiger partial charge in [-0.15, -0.1) is 11.6 Å². The summed E-state index contributed by atoms with van der Waals surface area (Å²) >= 11 is 7.08. The monoisotopic (exact) mass is 321 g/mol. The summed E-state index contributed by atoms with van der Waals surface area (Å²) in [4.78, 5) is 3.52. The first kappa shape index (κ1) is 11.0. The van der Waals surface area contributed by atoms with Gasteiger partial charge in [0.2, 0.25) is 0 Å². The highest BCUT2D eigenvalue weighted by Crippen LogP contribution is 2.23. The van der Waals surface area contributed by atoms with Crippen LogP contribution in [0.25, 0.3) is 0 Å². The molecular weight excluding hydrogens is 317 g/mol. The van der Waals surface area contributed by atoms with Gasteiger partial charge in [-0.2, -0.15) is 0 Å². The van der Waals surface area contributed by atoms with Crippen molar-refractivity contribution in [2.24, 2.45) is 0 Å². The maximum Gasteiger partial charge on any atom is 0.280 e. The lowest BCUT2D eigenvalue weighted by molar-refractivity contribution is 0.145. The van der Waals surface area contributed by atoms with Gasteiger partial charge < -0.3 is 0 Å². The van der Waals surface area contributed by atoms with E-state index in [9.17, 15) is 13.2 Å². The zero-order valence-electron chi connectivity index (χ0n) is 6.20. The summed E-state index contributed by atoms with van der Waals surface area (Å²) in [6.45, 7) is 0. The topological polar surface area (TPSA) is 12.9 Å². The molecule has 1 rings (SSSR count). The first-order chi connectivity index (χ1) is 6.06. The van der Waals surface area contributed by atoms with Gasteiger partial charge in [-0.25, -0.2) is 18.2 Å². The van der Waals surface area contributed by atoms with Crippen LogP contribution in [0.3, 0.4) is 0 Å². The zero-order valence-corrected chi connectivity index (χ0v) is 9.11. The van der Waals surface area contributed by atoms with Crippen molar-refractivity contribution in [3.8, 4) is 0 Å². The van der Waals surface area contributed by atoms with E-state index in [-0.39, 0.29) is 15.1 Å². The average molecular weight is 321 g/mol. The molecule has 0 fully saturated rings. The standard InChI is InChI=1S/C7H4ClF3IN/c8-2-5-6(12)3(9)1-4(13-5)7(10)11/h1,7H,2H2. The van der Waals surface area contributed by atoms with Crippen LogP contribution in [0.4, 0.5) is 13.2 Å². The van der Waals surface area contributed by atoms with E-state index >= 15 is 0 Å². The van der Waals surface area contributed by atoms with Gasteiger partial charge in [-0.1, -0.05) is 0 Å². The van der Waals surface area contributed by atoms with Gasteiger partial charge in [0.25, 0.3) is 6.43 Å². The molecule has 13 heavy (non-hydrogen) atoms. The maximum absolute atomic E-state index is 12.9. The minimum atomic E-state index is -2.77. The number of halogens is 5. The van der Waals surface area contributed by atoms with Crippen molar-refractivity contribution in [1.29, 1.82) is 0 Å². The number of hydrogen-bond acceptors (Lipinski definition) is 1. The Morgan fingerprint density at radius 1 is 1.54 bits per heavy atom. The number of pyridine rings is 1. The van der Waals surface area contributed by atoms with E-state index in [0.29, 0.717) is 0 Å². The van der Waals surface area contributed by atoms with Crippen molar-refractivity contribution in [3.05, 3.63) is 26.8 Å². The van der Waals surface area contributed by atoms with E-state index < -0.39 is 17.9 Å². The summed E-state index contributed by atoms with van der Waals surface area (Å²) in [7, 11) is 0. The molecule has 0 saturated heterocycles. The summed E-state index contributed by atoms with van der Waals surface area (Å²) in [6, 6.07) is 0.725. The third kappa shape index (κ3) is 2.46. The second-order valence-corrected chi connectivity index (χ2v) is 3.57. The first-order valence-electron chi connectivity index (χ1n) is 3.25. The van der Waals surface area contributed by atoms with Crippen molar-refractivity contribution < 1.29 is 13.2 Å². The normalized spacial score (nSPS) is 10.9. The minimum absolute atomic E-state index is 0.0737. The lowest BCUT2D eigenvalue weighted by Crippen LogP contribution is -2.00. The minimum Gasteiger partial charge on any atom is -0.249 e. The molecule has 0 amide bonds. The van der Waals surface area contributed by atoms with Crippen molar-refractivity contribution in [2.45, 2.75) is 12.3 Å². The molecule has 0 saturated carbocycles. The number of aromatic nitrogens is 1. The van der Waals surface area contributed by atoms with Crippen LogP contribution in [0, 0.1) is 9.39 Å². The predicted molar refractivity (Wildman–Crippen MR) is 51.4 cm³/mol. The Morgan fingerprint density at radius 3 is 2.62 bits per heavy atom. The summed E-state index contributed by atoms with van der Waals surface area (Å²) < 4.78 is 37.4. The Hall–Kier alpha value is -0.0400. The van der Waals surface area contributed by atoms with E-state index in [0.717, 1.165) is 6.07 Å². The van der Waals surface area contributed by atoms with Gasteiger partial charge in [0, 0.05) is 6.07 Å². The highest BCUT2D eigenvalue weighted by atomic mass is 127. The molecule has 0 radical (unpaired) electrons. The molecular formula is C7H4ClF3IN. The maximum atomic E-state index is 12.9. The van der Waals surface area contributed by atoms with E-state index in [1.165, 1.54) is 0 Å². The molecule has 6 heteroatoms. The first-order valence-corrected chi connectivity index (χ1v) is 4.86. The van der Waals surface area contributed by atoms with Crippen LogP contribution in [0.1, 0.15) is 17.8 Å². The Bertz CT molecular complexity index is 319. The van der Waals surface area contributed by atoms with Crippen molar-refractivity contribution in [2.75, 3.05) is 0 Å². The number of hydrogen-bond donors (Lipinski definition) is 0. The molecule has 0 aliphatic carbocycles. The summed E-state index contributed by atoms with van der Waals surface area (Å²) in [5.41, 5.74) is -0.425. The fourth-order valence-corrected chi connectivity index (χ4v) is 1.65. The fourth-order valence-electron chi connectivity index (χ4n) is 0.769. The molecule has 0 N–H and O–H groups in total. The van der Waals surface area contributed by atoms with E-state index in [4.69, 9.17) is 11.6 Å². The smallest absolute Gasteiger partial charge is 0.249 e. The van der Waals surface area contributed by atoms with Gasteiger partial charge in [0.05, 0.1) is 15.1 Å². The van der Waals surface area contributed by atoms with Crippen LogP contribution >= 0.6 is 34.2 Å². The van der Waals surface area contributed by atoms with Crippen LogP contribution in [-0.2, 0) is 5.88 Å². The van der Waals surface area contributed by atoms with Gasteiger partial charge in [-0.05, 0) is 22.6 Å². The highest BCUT2D eigenvalue weighted by molar-refractivity contribution is 14.1. The van der Waals surface area contributed by atoms with E-state index in [1.807, 2.05) is 0 Å². The average Bonchev–Trinajstić information content (AvgIpc) is 2.09. The lowest BCUT2D eigenvalue weighted by Gasteiger charge is -2.04. The quantitative estimate of drug-likeness (QED) is 0.600. The Labute approximate surface area is 91.4 Å². The van der Waals surface area contributed by atoms with Crippen LogP contribution in [0.5, 0.6) is 0 Å². The van der Waals surface area contributed by atoms with Crippen LogP contribution in [0.15, 0.2) is 6.07 Å². The third-order valence-corrected chi connectivity index (χ3v) is 2.74. The molecule has 0 unspecified atom stereocenters. The van der Waals surface area contributed by atoms with Crippen LogP contribution < -0.4 is 0 Å². The van der Waals surface area contributed by atoms with Crippen molar-refractivity contribution >= 4 is 34.2 Å². The van der Waals surface area contributed by atoms with Gasteiger partial charge in [0.15, 0.2) is 0 Å². The number of rotatable bonds is 2. The fraction of sp³-hybridized carbons (Fsp3) is 0.286. The van der Waals surface area contributed by atoms with Gasteiger partial charge in [0.1, 0.15) is 11.5 Å². The summed E-state index contributed by atoms with van der Waals surface area (Å²) in [5, 5.41) is 0. The van der Waals surface area contributed by atoms with Crippen molar-refractivity contribution in [3.63, 3.8) is 0 Å². The molecule has 72 valence electrons. The predicted octanol–water partition coefficient (Wildman–Crippen LogP) is 3.50. The van der Waals surface area contributed by atoms with Crippen molar-refractivity contribution in [1.82, 2.24) is 4.98 Å². The highest BCUT2D eigenvalue weighted by Gasteiger charge is 2.15. The second-order valence-electron chi connectivity index (χ2n) is 2.22. The third-order valence-electron chi connectivity index (χ3n) is 1.35. The van der Waals surface area contributed by atoms with Crippen LogP contribution in [0.2, 0.25) is 0 Å². The van der Waals surface area contributed by atoms with Gasteiger partial charge in [-0.3, -0.25) is 0 Å². The SMILES string of the molecule is Fc1cc(C(F)F)nc(CCl)c1I. The number of nitrogens with zero attached hydrogens (tertiary/aromatic N) is 1. The molecule has 0 atom stereocenters. The molecule has 0 bridgehead atoms. The number of alkyl halides is 3.